The van der Waals surface area contributed by atoms with Crippen molar-refractivity contribution in [1.29, 1.82) is 0 Å². The van der Waals surface area contributed by atoms with Crippen molar-refractivity contribution >= 4 is 0 Å². The van der Waals surface area contributed by atoms with E-state index in [0.717, 1.165) is 36.8 Å². The van der Waals surface area contributed by atoms with Crippen molar-refractivity contribution < 1.29 is 9.15 Å². The van der Waals surface area contributed by atoms with Crippen molar-refractivity contribution in [2.24, 2.45) is 0 Å². The molecular formula is C18H25NO2. The number of benzene rings is 1. The van der Waals surface area contributed by atoms with Crippen LogP contribution in [0.25, 0.3) is 0 Å². The molecule has 1 aromatic heterocycles. The Morgan fingerprint density at radius 1 is 1.05 bits per heavy atom. The summed E-state index contributed by atoms with van der Waals surface area (Å²) in [6.45, 7) is 8.78. The number of ether oxygens (including phenoxy) is 1. The standard InChI is InChI=1S/C18H25NO2/c1-4-11-19-12-17-9-10-18(21-17)13-20-16-7-5-15(6-8-16)14(2)3/h5-10,14,19H,4,11-13H2,1-3H3. The molecule has 3 nitrogen and oxygen atoms in total. The molecule has 3 heteroatoms. The molecule has 0 atom stereocenters. The number of furan rings is 1. The summed E-state index contributed by atoms with van der Waals surface area (Å²) in [6, 6.07) is 12.2. The second kappa shape index (κ2) is 7.89. The summed E-state index contributed by atoms with van der Waals surface area (Å²) in [5, 5.41) is 3.32. The maximum absolute atomic E-state index is 5.75. The van der Waals surface area contributed by atoms with Gasteiger partial charge in [0.1, 0.15) is 23.9 Å². The highest BCUT2D eigenvalue weighted by Crippen LogP contribution is 2.19. The average Bonchev–Trinajstić information content (AvgIpc) is 2.94. The highest BCUT2D eigenvalue weighted by Gasteiger charge is 2.04. The minimum absolute atomic E-state index is 0.467. The van der Waals surface area contributed by atoms with Crippen LogP contribution in [0, 0.1) is 0 Å². The Balaban J connectivity index is 1.82. The molecule has 0 unspecified atom stereocenters. The summed E-state index contributed by atoms with van der Waals surface area (Å²) >= 11 is 0. The topological polar surface area (TPSA) is 34.4 Å². The van der Waals surface area contributed by atoms with Crippen molar-refractivity contribution in [3.8, 4) is 5.75 Å². The highest BCUT2D eigenvalue weighted by molar-refractivity contribution is 5.29. The summed E-state index contributed by atoms with van der Waals surface area (Å²) in [4.78, 5) is 0. The quantitative estimate of drug-likeness (QED) is 0.727. The van der Waals surface area contributed by atoms with Crippen LogP contribution in [0.5, 0.6) is 5.75 Å². The summed E-state index contributed by atoms with van der Waals surface area (Å²) in [5.41, 5.74) is 1.32. The Morgan fingerprint density at radius 3 is 2.43 bits per heavy atom. The highest BCUT2D eigenvalue weighted by atomic mass is 16.5. The molecule has 2 aromatic rings. The van der Waals surface area contributed by atoms with E-state index in [9.17, 15) is 0 Å². The van der Waals surface area contributed by atoms with Gasteiger partial charge in [-0.25, -0.2) is 0 Å². The van der Waals surface area contributed by atoms with Crippen molar-refractivity contribution in [2.75, 3.05) is 6.54 Å². The maximum Gasteiger partial charge on any atom is 0.146 e. The van der Waals surface area contributed by atoms with E-state index in [2.05, 4.69) is 38.2 Å². The van der Waals surface area contributed by atoms with E-state index in [1.807, 2.05) is 24.3 Å². The van der Waals surface area contributed by atoms with Crippen LogP contribution in [0.4, 0.5) is 0 Å². The third-order valence-electron chi connectivity index (χ3n) is 3.37. The third kappa shape index (κ3) is 4.94. The zero-order chi connectivity index (χ0) is 15.1. The van der Waals surface area contributed by atoms with E-state index in [1.54, 1.807) is 0 Å². The lowest BCUT2D eigenvalue weighted by Crippen LogP contribution is -2.13. The summed E-state index contributed by atoms with van der Waals surface area (Å²) in [6.07, 6.45) is 1.13. The second-order valence-corrected chi connectivity index (χ2v) is 5.56. The van der Waals surface area contributed by atoms with Crippen LogP contribution in [-0.4, -0.2) is 6.54 Å². The molecule has 1 N–H and O–H groups in total. The first-order valence-electron chi connectivity index (χ1n) is 7.70. The number of hydrogen-bond donors (Lipinski definition) is 1. The molecule has 2 rings (SSSR count). The predicted octanol–water partition coefficient (Wildman–Crippen LogP) is 4.48. The van der Waals surface area contributed by atoms with Gasteiger partial charge in [-0.2, -0.15) is 0 Å². The van der Waals surface area contributed by atoms with Gasteiger partial charge in [0, 0.05) is 0 Å². The number of hydrogen-bond acceptors (Lipinski definition) is 3. The first kappa shape index (κ1) is 15.6. The van der Waals surface area contributed by atoms with Crippen LogP contribution < -0.4 is 10.1 Å². The summed E-state index contributed by atoms with van der Waals surface area (Å²) in [7, 11) is 0. The van der Waals surface area contributed by atoms with E-state index in [0.29, 0.717) is 12.5 Å². The lowest BCUT2D eigenvalue weighted by Gasteiger charge is -2.08. The smallest absolute Gasteiger partial charge is 0.146 e. The monoisotopic (exact) mass is 287 g/mol. The molecule has 1 heterocycles. The Hall–Kier alpha value is -1.74. The molecular weight excluding hydrogens is 262 g/mol. The van der Waals surface area contributed by atoms with Crippen LogP contribution in [-0.2, 0) is 13.2 Å². The van der Waals surface area contributed by atoms with Crippen LogP contribution in [0.3, 0.4) is 0 Å². The van der Waals surface area contributed by atoms with Crippen LogP contribution in [0.1, 0.15) is 50.2 Å². The van der Waals surface area contributed by atoms with E-state index in [1.165, 1.54) is 5.56 Å². The maximum atomic E-state index is 5.75. The van der Waals surface area contributed by atoms with E-state index in [4.69, 9.17) is 9.15 Å². The second-order valence-electron chi connectivity index (χ2n) is 5.56. The summed E-state index contributed by atoms with van der Waals surface area (Å²) < 4.78 is 11.5. The SMILES string of the molecule is CCCNCc1ccc(COc2ccc(C(C)C)cc2)o1. The molecule has 21 heavy (non-hydrogen) atoms. The van der Waals surface area contributed by atoms with Crippen LogP contribution >= 0.6 is 0 Å². The lowest BCUT2D eigenvalue weighted by molar-refractivity contribution is 0.265. The fourth-order valence-corrected chi connectivity index (χ4v) is 2.09. The zero-order valence-corrected chi connectivity index (χ0v) is 13.2. The summed E-state index contributed by atoms with van der Waals surface area (Å²) in [5.74, 6) is 3.23. The van der Waals surface area contributed by atoms with Crippen LogP contribution in [0.15, 0.2) is 40.8 Å². The molecule has 0 aliphatic heterocycles. The number of nitrogens with one attached hydrogen (secondary N) is 1. The van der Waals surface area contributed by atoms with Crippen molar-refractivity contribution in [3.63, 3.8) is 0 Å². The van der Waals surface area contributed by atoms with E-state index in [-0.39, 0.29) is 0 Å². The first-order valence-corrected chi connectivity index (χ1v) is 7.70. The van der Waals surface area contributed by atoms with Gasteiger partial charge in [-0.05, 0) is 48.7 Å². The average molecular weight is 287 g/mol. The van der Waals surface area contributed by atoms with Gasteiger partial charge in [-0.1, -0.05) is 32.9 Å². The normalized spacial score (nSPS) is 11.0. The van der Waals surface area contributed by atoms with Crippen molar-refractivity contribution in [2.45, 2.75) is 46.3 Å². The van der Waals surface area contributed by atoms with Gasteiger partial charge in [-0.15, -0.1) is 0 Å². The molecule has 1 aromatic carbocycles. The molecule has 114 valence electrons. The Labute approximate surface area is 127 Å². The van der Waals surface area contributed by atoms with Crippen molar-refractivity contribution in [3.05, 3.63) is 53.5 Å². The van der Waals surface area contributed by atoms with Gasteiger partial charge in [0.05, 0.1) is 6.54 Å². The third-order valence-corrected chi connectivity index (χ3v) is 3.37. The Morgan fingerprint density at radius 2 is 1.76 bits per heavy atom. The minimum Gasteiger partial charge on any atom is -0.486 e. The molecule has 0 spiro atoms. The molecule has 0 bridgehead atoms. The minimum atomic E-state index is 0.467. The molecule has 0 saturated heterocycles. The van der Waals surface area contributed by atoms with Gasteiger partial charge in [0.25, 0.3) is 0 Å². The fraction of sp³-hybridized carbons (Fsp3) is 0.444. The first-order chi connectivity index (χ1) is 10.2. The molecule has 0 aliphatic rings. The molecule has 0 radical (unpaired) electrons. The van der Waals surface area contributed by atoms with Gasteiger partial charge >= 0.3 is 0 Å². The molecule has 0 amide bonds. The predicted molar refractivity (Wildman–Crippen MR) is 85.6 cm³/mol. The molecule has 0 saturated carbocycles. The van der Waals surface area contributed by atoms with Crippen LogP contribution in [0.2, 0.25) is 0 Å². The van der Waals surface area contributed by atoms with Gasteiger partial charge < -0.3 is 14.5 Å². The Bertz CT molecular complexity index is 528. The van der Waals surface area contributed by atoms with Gasteiger partial charge in [-0.3, -0.25) is 0 Å². The molecule has 0 fully saturated rings. The van der Waals surface area contributed by atoms with Crippen molar-refractivity contribution in [1.82, 2.24) is 5.32 Å². The molecule has 0 aliphatic carbocycles. The van der Waals surface area contributed by atoms with E-state index < -0.39 is 0 Å². The lowest BCUT2D eigenvalue weighted by atomic mass is 10.0. The largest absolute Gasteiger partial charge is 0.486 e. The Kier molecular flexibility index (Phi) is 5.88. The number of rotatable bonds is 8. The van der Waals surface area contributed by atoms with Gasteiger partial charge in [0.15, 0.2) is 0 Å². The van der Waals surface area contributed by atoms with E-state index >= 15 is 0 Å². The zero-order valence-electron chi connectivity index (χ0n) is 13.2. The fourth-order valence-electron chi connectivity index (χ4n) is 2.09. The van der Waals surface area contributed by atoms with Gasteiger partial charge in [0.2, 0.25) is 0 Å².